The number of aliphatic hydroxyl groups is 1. The second kappa shape index (κ2) is 8.75. The van der Waals surface area contributed by atoms with Crippen LogP contribution >= 0.6 is 0 Å². The van der Waals surface area contributed by atoms with Crippen molar-refractivity contribution in [2.24, 2.45) is 0 Å². The predicted octanol–water partition coefficient (Wildman–Crippen LogP) is 4.90. The molecule has 7 nitrogen and oxygen atoms in total. The zero-order chi connectivity index (χ0) is 23.9. The number of aromatic nitrogens is 2. The fourth-order valence-electron chi connectivity index (χ4n) is 4.51. The van der Waals surface area contributed by atoms with Crippen LogP contribution < -0.4 is 18.9 Å². The Kier molecular flexibility index (Phi) is 5.99. The third-order valence-corrected chi connectivity index (χ3v) is 5.97. The van der Waals surface area contributed by atoms with Gasteiger partial charge in [0.1, 0.15) is 11.5 Å². The largest absolute Gasteiger partial charge is 0.496 e. The third kappa shape index (κ3) is 3.58. The maximum Gasteiger partial charge on any atom is 0.170 e. The molecule has 0 bridgehead atoms. The Hall–Kier alpha value is -3.58. The van der Waals surface area contributed by atoms with Crippen LogP contribution in [0.1, 0.15) is 22.5 Å². The van der Waals surface area contributed by atoms with Gasteiger partial charge in [0.05, 0.1) is 52.1 Å². The number of hydrogen-bond acceptors (Lipinski definition) is 7. The quantitative estimate of drug-likeness (QED) is 0.449. The highest BCUT2D eigenvalue weighted by molar-refractivity contribution is 6.02. The molecule has 0 fully saturated rings. The molecule has 0 amide bonds. The molecule has 0 aliphatic carbocycles. The van der Waals surface area contributed by atoms with E-state index < -0.39 is 0 Å². The summed E-state index contributed by atoms with van der Waals surface area (Å²) in [5, 5.41) is 13.4. The molecule has 2 aromatic heterocycles. The first-order chi connectivity index (χ1) is 15.9. The highest BCUT2D eigenvalue weighted by Gasteiger charge is 2.21. The fourth-order valence-corrected chi connectivity index (χ4v) is 4.51. The lowest BCUT2D eigenvalue weighted by Crippen LogP contribution is -2.02. The van der Waals surface area contributed by atoms with Crippen LogP contribution in [0.3, 0.4) is 0 Å². The topological polar surface area (TPSA) is 82.9 Å². The number of pyridine rings is 2. The molecule has 1 N–H and O–H groups in total. The molecule has 7 heteroatoms. The number of nitrogens with zero attached hydrogens (tertiary/aromatic N) is 2. The number of methoxy groups -OCH3 is 4. The van der Waals surface area contributed by atoms with E-state index in [2.05, 4.69) is 6.07 Å². The second-order valence-electron chi connectivity index (χ2n) is 7.90. The molecule has 0 unspecified atom stereocenters. The summed E-state index contributed by atoms with van der Waals surface area (Å²) in [5.74, 6) is 2.73. The number of hydrogen-bond donors (Lipinski definition) is 1. The van der Waals surface area contributed by atoms with Crippen LogP contribution in [-0.4, -0.2) is 43.5 Å². The molecule has 0 aliphatic rings. The Labute approximate surface area is 192 Å². The minimum Gasteiger partial charge on any atom is -0.496 e. The Morgan fingerprint density at radius 3 is 2.06 bits per heavy atom. The van der Waals surface area contributed by atoms with Crippen molar-refractivity contribution in [1.29, 1.82) is 0 Å². The van der Waals surface area contributed by atoms with E-state index in [1.807, 2.05) is 39.0 Å². The smallest absolute Gasteiger partial charge is 0.170 e. The van der Waals surface area contributed by atoms with Crippen molar-refractivity contribution in [3.05, 3.63) is 46.8 Å². The van der Waals surface area contributed by atoms with Gasteiger partial charge in [-0.15, -0.1) is 0 Å². The lowest BCUT2D eigenvalue weighted by molar-refractivity contribution is 0.277. The molecule has 2 aromatic carbocycles. The summed E-state index contributed by atoms with van der Waals surface area (Å²) in [6.45, 7) is 5.66. The van der Waals surface area contributed by atoms with Gasteiger partial charge in [0.2, 0.25) is 0 Å². The van der Waals surface area contributed by atoms with Gasteiger partial charge in [-0.05, 0) is 56.0 Å². The Balaban J connectivity index is 2.11. The minimum atomic E-state index is -0.201. The summed E-state index contributed by atoms with van der Waals surface area (Å²) in [4.78, 5) is 9.62. The SMILES string of the molecule is COc1cc2c(-c3cc4cc(C)c(OC)c(OC)c4c(C)n3)nc(CO)cc2c(OC)c1C. The van der Waals surface area contributed by atoms with Gasteiger partial charge in [-0.3, -0.25) is 4.98 Å². The zero-order valence-electron chi connectivity index (χ0n) is 20.0. The van der Waals surface area contributed by atoms with Crippen LogP contribution in [0.25, 0.3) is 32.9 Å². The summed E-state index contributed by atoms with van der Waals surface area (Å²) < 4.78 is 22.6. The van der Waals surface area contributed by atoms with E-state index in [0.717, 1.165) is 38.4 Å². The molecule has 4 aromatic rings. The van der Waals surface area contributed by atoms with Gasteiger partial charge in [-0.25, -0.2) is 4.98 Å². The Bertz CT molecular complexity index is 1380. The standard InChI is InChI=1S/C26H28N2O5/c1-13-8-16-9-20(27-15(3)22(16)26(33-7)24(13)31-5)23-18-11-21(30-4)14(2)25(32-6)19(18)10-17(12-29)28-23/h8-11,29H,12H2,1-7H3. The monoisotopic (exact) mass is 448 g/mol. The molecule has 0 spiro atoms. The summed E-state index contributed by atoms with van der Waals surface area (Å²) >= 11 is 0. The fraction of sp³-hybridized carbons (Fsp3) is 0.308. The highest BCUT2D eigenvalue weighted by atomic mass is 16.5. The van der Waals surface area contributed by atoms with E-state index >= 15 is 0 Å². The average molecular weight is 449 g/mol. The molecule has 172 valence electrons. The minimum absolute atomic E-state index is 0.201. The number of benzene rings is 2. The first-order valence-electron chi connectivity index (χ1n) is 10.6. The van der Waals surface area contributed by atoms with Crippen LogP contribution in [0, 0.1) is 20.8 Å². The van der Waals surface area contributed by atoms with Gasteiger partial charge in [-0.2, -0.15) is 0 Å². The van der Waals surface area contributed by atoms with E-state index in [1.54, 1.807) is 28.4 Å². The molecule has 0 aliphatic heterocycles. The van der Waals surface area contributed by atoms with Gasteiger partial charge in [0.15, 0.2) is 11.5 Å². The maximum absolute atomic E-state index is 9.91. The predicted molar refractivity (Wildman–Crippen MR) is 129 cm³/mol. The molecule has 0 saturated heterocycles. The third-order valence-electron chi connectivity index (χ3n) is 5.97. The van der Waals surface area contributed by atoms with Crippen LogP contribution in [0.4, 0.5) is 0 Å². The molecule has 0 atom stereocenters. The van der Waals surface area contributed by atoms with E-state index in [4.69, 9.17) is 28.9 Å². The van der Waals surface area contributed by atoms with Crippen LogP contribution in [-0.2, 0) is 6.61 Å². The average Bonchev–Trinajstić information content (AvgIpc) is 2.81. The number of rotatable bonds is 6. The van der Waals surface area contributed by atoms with Crippen molar-refractivity contribution in [3.8, 4) is 34.4 Å². The molecule has 4 rings (SSSR count). The maximum atomic E-state index is 9.91. The van der Waals surface area contributed by atoms with Gasteiger partial charge >= 0.3 is 0 Å². The van der Waals surface area contributed by atoms with Gasteiger partial charge < -0.3 is 24.1 Å². The van der Waals surface area contributed by atoms with E-state index in [1.165, 1.54) is 0 Å². The van der Waals surface area contributed by atoms with E-state index in [0.29, 0.717) is 40.1 Å². The van der Waals surface area contributed by atoms with Crippen LogP contribution in [0.5, 0.6) is 23.0 Å². The van der Waals surface area contributed by atoms with E-state index in [9.17, 15) is 5.11 Å². The molecule has 0 radical (unpaired) electrons. The molecule has 33 heavy (non-hydrogen) atoms. The van der Waals surface area contributed by atoms with E-state index in [-0.39, 0.29) is 6.61 Å². The van der Waals surface area contributed by atoms with Crippen molar-refractivity contribution in [2.45, 2.75) is 27.4 Å². The summed E-state index contributed by atoms with van der Waals surface area (Å²) in [7, 11) is 6.52. The van der Waals surface area contributed by atoms with Crippen molar-refractivity contribution in [2.75, 3.05) is 28.4 Å². The zero-order valence-corrected chi connectivity index (χ0v) is 20.0. The van der Waals surface area contributed by atoms with Crippen molar-refractivity contribution in [3.63, 3.8) is 0 Å². The summed E-state index contributed by atoms with van der Waals surface area (Å²) in [6, 6.07) is 7.82. The Morgan fingerprint density at radius 2 is 1.45 bits per heavy atom. The second-order valence-corrected chi connectivity index (χ2v) is 7.90. The van der Waals surface area contributed by atoms with Crippen LogP contribution in [0.2, 0.25) is 0 Å². The van der Waals surface area contributed by atoms with Crippen molar-refractivity contribution in [1.82, 2.24) is 9.97 Å². The van der Waals surface area contributed by atoms with Crippen molar-refractivity contribution >= 4 is 21.5 Å². The molecular weight excluding hydrogens is 420 g/mol. The highest BCUT2D eigenvalue weighted by Crippen LogP contribution is 2.43. The first kappa shape index (κ1) is 22.6. The lowest BCUT2D eigenvalue weighted by atomic mass is 9.99. The molecule has 0 saturated carbocycles. The van der Waals surface area contributed by atoms with Gasteiger partial charge in [0, 0.05) is 27.4 Å². The number of aliphatic hydroxyl groups excluding tert-OH is 1. The molecular formula is C26H28N2O5. The first-order valence-corrected chi connectivity index (χ1v) is 10.6. The van der Waals surface area contributed by atoms with Gasteiger partial charge in [0.25, 0.3) is 0 Å². The summed E-state index contributed by atoms with van der Waals surface area (Å²) in [5.41, 5.74) is 4.48. The van der Waals surface area contributed by atoms with Crippen molar-refractivity contribution < 1.29 is 24.1 Å². The Morgan fingerprint density at radius 1 is 0.758 bits per heavy atom. The normalized spacial score (nSPS) is 11.2. The van der Waals surface area contributed by atoms with Gasteiger partial charge in [-0.1, -0.05) is 0 Å². The van der Waals surface area contributed by atoms with Crippen LogP contribution in [0.15, 0.2) is 24.3 Å². The number of aryl methyl sites for hydroxylation is 2. The number of ether oxygens (including phenoxy) is 4. The summed E-state index contributed by atoms with van der Waals surface area (Å²) in [6.07, 6.45) is 0. The molecule has 2 heterocycles. The lowest BCUT2D eigenvalue weighted by Gasteiger charge is -2.18. The number of fused-ring (bicyclic) bond motifs is 2.